The molecule has 4 amide bonds. The fraction of sp³-hybridized carbons (Fsp3) is 0.524. The molecule has 0 radical (unpaired) electrons. The number of carbonyl (C=O) groups is 3. The van der Waals surface area contributed by atoms with E-state index in [1.807, 2.05) is 11.9 Å². The van der Waals surface area contributed by atoms with Gasteiger partial charge in [-0.1, -0.05) is 12.8 Å². The summed E-state index contributed by atoms with van der Waals surface area (Å²) >= 11 is 0. The number of hydrogen-bond acceptors (Lipinski definition) is 5. The Morgan fingerprint density at radius 1 is 1.16 bits per heavy atom. The third-order valence-corrected chi connectivity index (χ3v) is 7.58. The van der Waals surface area contributed by atoms with Crippen LogP contribution < -0.4 is 10.6 Å². The number of anilines is 1. The van der Waals surface area contributed by atoms with Crippen LogP contribution in [0.3, 0.4) is 0 Å². The van der Waals surface area contributed by atoms with Gasteiger partial charge in [0.15, 0.2) is 0 Å². The Hall–Kier alpha value is -2.95. The van der Waals surface area contributed by atoms with Crippen LogP contribution in [0.1, 0.15) is 44.9 Å². The summed E-state index contributed by atoms with van der Waals surface area (Å²) in [6.45, 7) is 0.778. The summed E-state index contributed by atoms with van der Waals surface area (Å²) in [6.07, 6.45) is 4.53. The van der Waals surface area contributed by atoms with Crippen molar-refractivity contribution in [3.63, 3.8) is 0 Å². The van der Waals surface area contributed by atoms with E-state index in [-0.39, 0.29) is 29.7 Å². The van der Waals surface area contributed by atoms with Gasteiger partial charge in [0.05, 0.1) is 4.90 Å². The molecule has 4 rings (SSSR count). The highest BCUT2D eigenvalue weighted by Gasteiger charge is 2.52. The topological polar surface area (TPSA) is 128 Å². The van der Waals surface area contributed by atoms with Gasteiger partial charge in [0.25, 0.3) is 15.9 Å². The number of imide groups is 1. The average Bonchev–Trinajstić information content (AvgIpc) is 3.43. The van der Waals surface area contributed by atoms with Gasteiger partial charge in [-0.2, -0.15) is 8.42 Å². The largest absolute Gasteiger partial charge is 0.362 e. The molecule has 1 aromatic carbocycles. The maximum absolute atomic E-state index is 12.6. The minimum absolute atomic E-state index is 0.00424. The molecule has 2 N–H and O–H groups in total. The van der Waals surface area contributed by atoms with Crippen LogP contribution in [0, 0.1) is 0 Å². The first-order valence-electron chi connectivity index (χ1n) is 10.8. The molecule has 2 saturated heterocycles. The van der Waals surface area contributed by atoms with E-state index in [1.165, 1.54) is 24.3 Å². The number of rotatable bonds is 6. The van der Waals surface area contributed by atoms with Gasteiger partial charge in [0, 0.05) is 38.7 Å². The molecule has 0 unspecified atom stereocenters. The van der Waals surface area contributed by atoms with Crippen molar-refractivity contribution >= 4 is 39.4 Å². The monoisotopic (exact) mass is 461 g/mol. The molecule has 3 aliphatic rings. The predicted molar refractivity (Wildman–Crippen MR) is 118 cm³/mol. The highest BCUT2D eigenvalue weighted by Crippen LogP contribution is 2.35. The number of nitrogens with zero attached hydrogens (tertiary/aromatic N) is 3. The van der Waals surface area contributed by atoms with Crippen molar-refractivity contribution in [3.05, 3.63) is 24.3 Å². The van der Waals surface area contributed by atoms with Crippen molar-refractivity contribution in [1.82, 2.24) is 15.1 Å². The molecule has 32 heavy (non-hydrogen) atoms. The van der Waals surface area contributed by atoms with Crippen LogP contribution in [-0.2, 0) is 19.6 Å². The van der Waals surface area contributed by atoms with E-state index in [0.29, 0.717) is 30.8 Å². The van der Waals surface area contributed by atoms with Gasteiger partial charge in [-0.25, -0.2) is 4.79 Å². The van der Waals surface area contributed by atoms with E-state index in [4.69, 9.17) is 0 Å². The Bertz CT molecular complexity index is 1060. The average molecular weight is 462 g/mol. The molecule has 0 atom stereocenters. The number of sulfonamides is 1. The Morgan fingerprint density at radius 3 is 2.47 bits per heavy atom. The highest BCUT2D eigenvalue weighted by atomic mass is 32.2. The summed E-state index contributed by atoms with van der Waals surface area (Å²) in [4.78, 5) is 40.1. The molecular weight excluding hydrogens is 434 g/mol. The molecule has 172 valence electrons. The molecule has 11 heteroatoms. The number of amides is 4. The predicted octanol–water partition coefficient (Wildman–Crippen LogP) is 1.69. The van der Waals surface area contributed by atoms with Gasteiger partial charge in [0.1, 0.15) is 11.4 Å². The van der Waals surface area contributed by atoms with Gasteiger partial charge in [-0.05, 0) is 43.5 Å². The number of nitrogens with one attached hydrogen (secondary N) is 2. The Balaban J connectivity index is 1.33. The van der Waals surface area contributed by atoms with Gasteiger partial charge in [-0.15, -0.1) is 4.40 Å². The first kappa shape index (κ1) is 22.3. The second-order valence-corrected chi connectivity index (χ2v) is 10.1. The van der Waals surface area contributed by atoms with Crippen molar-refractivity contribution in [2.24, 2.45) is 4.40 Å². The third-order valence-electron chi connectivity index (χ3n) is 6.26. The molecule has 1 aliphatic carbocycles. The van der Waals surface area contributed by atoms with Gasteiger partial charge >= 0.3 is 6.03 Å². The molecule has 2 aliphatic heterocycles. The standard InChI is InChI=1S/C21H27N5O5S/c1-25-13-4-5-17(25)24-32(30,31)16-8-6-15(7-9-16)22-18(27)10-14-26-19(28)21(23-20(26)29)11-2-3-12-21/h6-9H,2-5,10-14H2,1H3,(H,22,27)(H,23,29)/b24-17+. The summed E-state index contributed by atoms with van der Waals surface area (Å²) in [7, 11) is -2.01. The molecule has 3 fully saturated rings. The number of likely N-dealkylation sites (tertiary alicyclic amines) is 1. The molecule has 1 aromatic rings. The second-order valence-electron chi connectivity index (χ2n) is 8.51. The fourth-order valence-electron chi connectivity index (χ4n) is 4.44. The zero-order valence-corrected chi connectivity index (χ0v) is 18.8. The van der Waals surface area contributed by atoms with Gasteiger partial charge < -0.3 is 15.5 Å². The lowest BCUT2D eigenvalue weighted by molar-refractivity contribution is -0.131. The smallest absolute Gasteiger partial charge is 0.325 e. The minimum Gasteiger partial charge on any atom is -0.362 e. The van der Waals surface area contributed by atoms with Gasteiger partial charge in [-0.3, -0.25) is 14.5 Å². The number of benzene rings is 1. The van der Waals surface area contributed by atoms with Crippen LogP contribution in [0.15, 0.2) is 33.6 Å². The zero-order valence-electron chi connectivity index (χ0n) is 18.0. The normalized spacial score (nSPS) is 21.6. The van der Waals surface area contributed by atoms with Crippen molar-refractivity contribution in [1.29, 1.82) is 0 Å². The molecular formula is C21H27N5O5S. The van der Waals surface area contributed by atoms with E-state index in [2.05, 4.69) is 15.0 Å². The van der Waals surface area contributed by atoms with Crippen LogP contribution in [0.2, 0.25) is 0 Å². The van der Waals surface area contributed by atoms with E-state index in [9.17, 15) is 22.8 Å². The molecule has 1 saturated carbocycles. The van der Waals surface area contributed by atoms with E-state index >= 15 is 0 Å². The zero-order chi connectivity index (χ0) is 22.9. The first-order chi connectivity index (χ1) is 15.2. The second kappa shape index (κ2) is 8.53. The number of hydrogen-bond donors (Lipinski definition) is 2. The summed E-state index contributed by atoms with van der Waals surface area (Å²) in [5, 5.41) is 5.45. The van der Waals surface area contributed by atoms with Crippen molar-refractivity contribution in [3.8, 4) is 0 Å². The fourth-order valence-corrected chi connectivity index (χ4v) is 5.54. The number of urea groups is 1. The SMILES string of the molecule is CN1CCC/C1=N\S(=O)(=O)c1ccc(NC(=O)CCN2C(=O)NC3(CCCC3)C2=O)cc1. The summed E-state index contributed by atoms with van der Waals surface area (Å²) in [5.41, 5.74) is -0.366. The molecule has 2 heterocycles. The number of amidine groups is 1. The molecule has 0 bridgehead atoms. The molecule has 1 spiro atoms. The van der Waals surface area contributed by atoms with Crippen LogP contribution in [0.25, 0.3) is 0 Å². The molecule has 0 aromatic heterocycles. The lowest BCUT2D eigenvalue weighted by Gasteiger charge is -2.19. The van der Waals surface area contributed by atoms with Crippen molar-refractivity contribution < 1.29 is 22.8 Å². The molecule has 10 nitrogen and oxygen atoms in total. The first-order valence-corrected chi connectivity index (χ1v) is 12.2. The quantitative estimate of drug-likeness (QED) is 0.621. The van der Waals surface area contributed by atoms with Crippen LogP contribution in [-0.4, -0.2) is 67.6 Å². The minimum atomic E-state index is -3.82. The summed E-state index contributed by atoms with van der Waals surface area (Å²) in [5.74, 6) is -0.0828. The van der Waals surface area contributed by atoms with Crippen molar-refractivity contribution in [2.75, 3.05) is 25.5 Å². The number of carbonyl (C=O) groups excluding carboxylic acids is 3. The van der Waals surface area contributed by atoms with Crippen molar-refractivity contribution in [2.45, 2.75) is 55.4 Å². The summed E-state index contributed by atoms with van der Waals surface area (Å²) in [6, 6.07) is 5.32. The van der Waals surface area contributed by atoms with Crippen LogP contribution in [0.4, 0.5) is 10.5 Å². The maximum atomic E-state index is 12.6. The van der Waals surface area contributed by atoms with Gasteiger partial charge in [0.2, 0.25) is 5.91 Å². The lowest BCUT2D eigenvalue weighted by atomic mass is 9.98. The van der Waals surface area contributed by atoms with E-state index < -0.39 is 21.6 Å². The van der Waals surface area contributed by atoms with Crippen LogP contribution >= 0.6 is 0 Å². The third kappa shape index (κ3) is 4.34. The summed E-state index contributed by atoms with van der Waals surface area (Å²) < 4.78 is 28.9. The van der Waals surface area contributed by atoms with E-state index in [0.717, 1.165) is 30.7 Å². The Kier molecular flexibility index (Phi) is 5.93. The van der Waals surface area contributed by atoms with Crippen LogP contribution in [0.5, 0.6) is 0 Å². The Morgan fingerprint density at radius 2 is 1.84 bits per heavy atom. The Labute approximate surface area is 187 Å². The lowest BCUT2D eigenvalue weighted by Crippen LogP contribution is -2.44. The maximum Gasteiger partial charge on any atom is 0.325 e. The van der Waals surface area contributed by atoms with E-state index in [1.54, 1.807) is 0 Å². The highest BCUT2D eigenvalue weighted by molar-refractivity contribution is 7.90.